The molecule has 0 aliphatic heterocycles. The Labute approximate surface area is 153 Å². The molecule has 1 aromatic heterocycles. The molecule has 134 valence electrons. The lowest BCUT2D eigenvalue weighted by Gasteiger charge is -2.10. The lowest BCUT2D eigenvalue weighted by Crippen LogP contribution is -2.09. The number of anilines is 1. The summed E-state index contributed by atoms with van der Waals surface area (Å²) in [5, 5.41) is 3.93. The third kappa shape index (κ3) is 3.49. The highest BCUT2D eigenvalue weighted by atomic mass is 16.5. The van der Waals surface area contributed by atoms with E-state index < -0.39 is 0 Å². The molecule has 2 aromatic carbocycles. The number of hydrogen-bond donors (Lipinski definition) is 1. The number of furan rings is 1. The Kier molecular flexibility index (Phi) is 4.85. The second kappa shape index (κ2) is 7.08. The highest BCUT2D eigenvalue weighted by molar-refractivity contribution is 6.04. The quantitative estimate of drug-likeness (QED) is 0.641. The predicted octanol–water partition coefficient (Wildman–Crippen LogP) is 5.41. The van der Waals surface area contributed by atoms with Gasteiger partial charge in [-0.05, 0) is 68.2 Å². The summed E-state index contributed by atoms with van der Waals surface area (Å²) in [4.78, 5) is 12.4. The van der Waals surface area contributed by atoms with E-state index in [2.05, 4.69) is 5.32 Å². The van der Waals surface area contributed by atoms with Crippen molar-refractivity contribution in [1.29, 1.82) is 0 Å². The summed E-state index contributed by atoms with van der Waals surface area (Å²) in [6.45, 7) is 7.97. The highest BCUT2D eigenvalue weighted by Gasteiger charge is 2.12. The lowest BCUT2D eigenvalue weighted by molar-refractivity contribution is -0.111. The number of nitrogens with one attached hydrogen (secondary N) is 1. The molecule has 4 nitrogen and oxygen atoms in total. The van der Waals surface area contributed by atoms with Crippen molar-refractivity contribution in [2.45, 2.75) is 27.7 Å². The Balaban J connectivity index is 1.90. The van der Waals surface area contributed by atoms with Gasteiger partial charge in [-0.25, -0.2) is 0 Å². The van der Waals surface area contributed by atoms with Gasteiger partial charge in [-0.2, -0.15) is 0 Å². The van der Waals surface area contributed by atoms with Crippen molar-refractivity contribution in [1.82, 2.24) is 0 Å². The molecule has 26 heavy (non-hydrogen) atoms. The molecule has 0 saturated heterocycles. The maximum Gasteiger partial charge on any atom is 0.248 e. The van der Waals surface area contributed by atoms with Crippen LogP contribution in [0, 0.1) is 20.8 Å². The molecule has 0 spiro atoms. The molecule has 0 aliphatic rings. The maximum atomic E-state index is 12.4. The second-order valence-corrected chi connectivity index (χ2v) is 6.58. The van der Waals surface area contributed by atoms with E-state index in [9.17, 15) is 4.79 Å². The van der Waals surface area contributed by atoms with Crippen LogP contribution in [0.1, 0.15) is 29.2 Å². The number of aryl methyl sites for hydroxylation is 3. The first-order chi connectivity index (χ1) is 12.4. The van der Waals surface area contributed by atoms with Crippen molar-refractivity contribution in [3.63, 3.8) is 0 Å². The van der Waals surface area contributed by atoms with Crippen LogP contribution in [0.3, 0.4) is 0 Å². The van der Waals surface area contributed by atoms with E-state index in [1.807, 2.05) is 58.0 Å². The van der Waals surface area contributed by atoms with Gasteiger partial charge < -0.3 is 14.5 Å². The molecule has 0 atom stereocenters. The molecule has 3 rings (SSSR count). The van der Waals surface area contributed by atoms with Crippen LogP contribution >= 0.6 is 0 Å². The van der Waals surface area contributed by atoms with Crippen molar-refractivity contribution in [3.8, 4) is 5.75 Å². The van der Waals surface area contributed by atoms with Crippen LogP contribution in [0.25, 0.3) is 16.5 Å². The van der Waals surface area contributed by atoms with E-state index in [1.165, 1.54) is 5.56 Å². The molecule has 0 aliphatic carbocycles. The van der Waals surface area contributed by atoms with Crippen molar-refractivity contribution in [3.05, 3.63) is 64.9 Å². The van der Waals surface area contributed by atoms with Crippen LogP contribution in [0.15, 0.2) is 47.1 Å². The van der Waals surface area contributed by atoms with Gasteiger partial charge in [0.05, 0.1) is 13.4 Å². The summed E-state index contributed by atoms with van der Waals surface area (Å²) < 4.78 is 11.0. The number of carbonyl (C=O) groups excluding carboxylic acids is 1. The second-order valence-electron chi connectivity index (χ2n) is 6.58. The average molecular weight is 349 g/mol. The first-order valence-electron chi connectivity index (χ1n) is 8.52. The topological polar surface area (TPSA) is 51.5 Å². The number of ether oxygens (including phenoxy) is 1. The minimum absolute atomic E-state index is 0.170. The molecule has 0 bridgehead atoms. The molecule has 0 radical (unpaired) electrons. The number of fused-ring (bicyclic) bond motifs is 1. The zero-order valence-corrected chi connectivity index (χ0v) is 15.8. The van der Waals surface area contributed by atoms with Crippen LogP contribution in [0.2, 0.25) is 0 Å². The molecular formula is C22H23NO3. The van der Waals surface area contributed by atoms with E-state index in [-0.39, 0.29) is 5.91 Å². The molecule has 3 aromatic rings. The number of hydrogen-bond acceptors (Lipinski definition) is 3. The average Bonchev–Trinajstić information content (AvgIpc) is 2.97. The van der Waals surface area contributed by atoms with Crippen LogP contribution < -0.4 is 10.1 Å². The molecule has 4 heteroatoms. The third-order valence-electron chi connectivity index (χ3n) is 4.64. The Morgan fingerprint density at radius 1 is 1.08 bits per heavy atom. The Morgan fingerprint density at radius 3 is 2.54 bits per heavy atom. The van der Waals surface area contributed by atoms with Crippen molar-refractivity contribution >= 4 is 28.1 Å². The predicted molar refractivity (Wildman–Crippen MR) is 106 cm³/mol. The highest BCUT2D eigenvalue weighted by Crippen LogP contribution is 2.33. The van der Waals surface area contributed by atoms with E-state index in [4.69, 9.17) is 9.15 Å². The SMILES string of the molecule is COc1cc2occ(C)c2cc1/C(C)=C/C(=O)Nc1ccc(C)c(C)c1. The monoisotopic (exact) mass is 349 g/mol. The van der Waals surface area contributed by atoms with Gasteiger partial charge in [0, 0.05) is 28.8 Å². The summed E-state index contributed by atoms with van der Waals surface area (Å²) in [5.74, 6) is 0.511. The van der Waals surface area contributed by atoms with Gasteiger partial charge in [0.1, 0.15) is 11.3 Å². The minimum atomic E-state index is -0.170. The lowest BCUT2D eigenvalue weighted by atomic mass is 10.0. The number of methoxy groups -OCH3 is 1. The number of benzene rings is 2. The third-order valence-corrected chi connectivity index (χ3v) is 4.64. The maximum absolute atomic E-state index is 12.4. The summed E-state index contributed by atoms with van der Waals surface area (Å²) in [6.07, 6.45) is 3.31. The van der Waals surface area contributed by atoms with Crippen molar-refractivity contribution < 1.29 is 13.9 Å². The molecule has 1 heterocycles. The number of rotatable bonds is 4. The summed E-state index contributed by atoms with van der Waals surface area (Å²) >= 11 is 0. The zero-order valence-electron chi connectivity index (χ0n) is 15.8. The van der Waals surface area contributed by atoms with Gasteiger partial charge in [-0.3, -0.25) is 4.79 Å². The first-order valence-corrected chi connectivity index (χ1v) is 8.52. The Bertz CT molecular complexity index is 1010. The molecule has 0 unspecified atom stereocenters. The summed E-state index contributed by atoms with van der Waals surface area (Å²) in [6, 6.07) is 9.74. The van der Waals surface area contributed by atoms with Crippen LogP contribution in [0.5, 0.6) is 5.75 Å². The van der Waals surface area contributed by atoms with Crippen LogP contribution in [-0.4, -0.2) is 13.0 Å². The summed E-state index contributed by atoms with van der Waals surface area (Å²) in [7, 11) is 1.61. The van der Waals surface area contributed by atoms with Gasteiger partial charge in [0.15, 0.2) is 0 Å². The molecule has 1 amide bonds. The van der Waals surface area contributed by atoms with E-state index in [1.54, 1.807) is 19.4 Å². The van der Waals surface area contributed by atoms with Gasteiger partial charge in [-0.1, -0.05) is 6.07 Å². The van der Waals surface area contributed by atoms with Crippen LogP contribution in [-0.2, 0) is 4.79 Å². The molecule has 0 fully saturated rings. The fourth-order valence-corrected chi connectivity index (χ4v) is 2.93. The molecular weight excluding hydrogens is 326 g/mol. The van der Waals surface area contributed by atoms with E-state index >= 15 is 0 Å². The van der Waals surface area contributed by atoms with Gasteiger partial charge in [0.25, 0.3) is 0 Å². The van der Waals surface area contributed by atoms with Crippen molar-refractivity contribution in [2.24, 2.45) is 0 Å². The van der Waals surface area contributed by atoms with Crippen molar-refractivity contribution in [2.75, 3.05) is 12.4 Å². The smallest absolute Gasteiger partial charge is 0.248 e. The fourth-order valence-electron chi connectivity index (χ4n) is 2.93. The molecule has 1 N–H and O–H groups in total. The first kappa shape index (κ1) is 17.8. The van der Waals surface area contributed by atoms with Gasteiger partial charge in [-0.15, -0.1) is 0 Å². The zero-order chi connectivity index (χ0) is 18.8. The van der Waals surface area contributed by atoms with Gasteiger partial charge in [0.2, 0.25) is 5.91 Å². The van der Waals surface area contributed by atoms with E-state index in [0.29, 0.717) is 5.75 Å². The Hall–Kier alpha value is -3.01. The number of carbonyl (C=O) groups is 1. The number of allylic oxidation sites excluding steroid dienone is 1. The van der Waals surface area contributed by atoms with Crippen LogP contribution in [0.4, 0.5) is 5.69 Å². The normalized spacial score (nSPS) is 11.7. The van der Waals surface area contributed by atoms with Gasteiger partial charge >= 0.3 is 0 Å². The number of amides is 1. The fraction of sp³-hybridized carbons (Fsp3) is 0.227. The summed E-state index contributed by atoms with van der Waals surface area (Å²) in [5.41, 5.74) is 6.65. The largest absolute Gasteiger partial charge is 0.496 e. The minimum Gasteiger partial charge on any atom is -0.496 e. The standard InChI is InChI=1S/C22H23NO3/c1-13-6-7-17(8-14(13)2)23-22(24)9-15(3)18-10-19-16(4)12-26-21(19)11-20(18)25-5/h6-12H,1-5H3,(H,23,24)/b15-9+. The molecule has 0 saturated carbocycles. The Morgan fingerprint density at radius 2 is 1.85 bits per heavy atom. The van der Waals surface area contributed by atoms with E-state index in [0.717, 1.165) is 38.9 Å².